The van der Waals surface area contributed by atoms with Gasteiger partial charge in [0.05, 0.1) is 5.69 Å². The number of aryl methyl sites for hydroxylation is 3. The van der Waals surface area contributed by atoms with Crippen molar-refractivity contribution < 1.29 is 9.32 Å². The van der Waals surface area contributed by atoms with E-state index in [4.69, 9.17) is 10.3 Å². The van der Waals surface area contributed by atoms with Crippen molar-refractivity contribution in [1.82, 2.24) is 10.5 Å². The number of nitrogen functional groups attached to an aromatic ring is 1. The summed E-state index contributed by atoms with van der Waals surface area (Å²) in [5.41, 5.74) is 9.55. The second-order valence-corrected chi connectivity index (χ2v) is 5.21. The van der Waals surface area contributed by atoms with Crippen LogP contribution in [-0.4, -0.2) is 11.1 Å². The van der Waals surface area contributed by atoms with Crippen LogP contribution in [0.25, 0.3) is 0 Å². The maximum atomic E-state index is 12.0. The van der Waals surface area contributed by atoms with Crippen LogP contribution >= 0.6 is 12.4 Å². The zero-order chi connectivity index (χ0) is 15.9. The van der Waals surface area contributed by atoms with Crippen molar-refractivity contribution in [1.29, 1.82) is 0 Å². The van der Waals surface area contributed by atoms with Crippen molar-refractivity contribution in [2.75, 3.05) is 5.73 Å². The van der Waals surface area contributed by atoms with E-state index in [-0.39, 0.29) is 18.3 Å². The molecule has 0 spiro atoms. The van der Waals surface area contributed by atoms with Gasteiger partial charge in [0.15, 0.2) is 0 Å². The minimum Gasteiger partial charge on any atom is -0.399 e. The monoisotopic (exact) mass is 337 g/mol. The summed E-state index contributed by atoms with van der Waals surface area (Å²) in [6.45, 7) is 4.52. The number of nitrogens with two attached hydrogens (primary N) is 1. The van der Waals surface area contributed by atoms with Crippen molar-refractivity contribution in [2.24, 2.45) is 0 Å². The second-order valence-electron chi connectivity index (χ2n) is 5.21. The van der Waals surface area contributed by atoms with Gasteiger partial charge in [-0.2, -0.15) is 0 Å². The van der Waals surface area contributed by atoms with E-state index in [0.29, 0.717) is 19.4 Å². The zero-order valence-corrected chi connectivity index (χ0v) is 14.4. The van der Waals surface area contributed by atoms with E-state index in [0.717, 1.165) is 41.1 Å². The third kappa shape index (κ3) is 4.99. The van der Waals surface area contributed by atoms with Crippen LogP contribution in [0.1, 0.15) is 42.8 Å². The minimum atomic E-state index is 0. The molecule has 5 nitrogen and oxygen atoms in total. The highest BCUT2D eigenvalue weighted by Crippen LogP contribution is 2.16. The molecule has 1 heterocycles. The molecule has 0 bridgehead atoms. The number of benzene rings is 1. The number of para-hydroxylation sites is 1. The van der Waals surface area contributed by atoms with Gasteiger partial charge in [-0.15, -0.1) is 12.4 Å². The standard InChI is InChI=1S/C17H23N3O2.ClH/c1-3-15-13(16(4-2)22-20-15)11-19-17(21)10-9-12-7-5-6-8-14(12)18;/h5-8H,3-4,9-11,18H2,1-2H3,(H,19,21);1H. The Morgan fingerprint density at radius 3 is 2.65 bits per heavy atom. The Morgan fingerprint density at radius 2 is 2.00 bits per heavy atom. The fourth-order valence-corrected chi connectivity index (χ4v) is 2.42. The van der Waals surface area contributed by atoms with Gasteiger partial charge in [-0.05, 0) is 24.5 Å². The molecule has 0 atom stereocenters. The quantitative estimate of drug-likeness (QED) is 0.761. The third-order valence-electron chi connectivity index (χ3n) is 3.75. The molecule has 2 rings (SSSR count). The molecule has 2 aromatic rings. The lowest BCUT2D eigenvalue weighted by Gasteiger charge is -2.07. The Bertz CT molecular complexity index is 619. The summed E-state index contributed by atoms with van der Waals surface area (Å²) in [6, 6.07) is 7.63. The molecule has 0 aliphatic heterocycles. The molecule has 0 aliphatic rings. The van der Waals surface area contributed by atoms with Crippen LogP contribution < -0.4 is 11.1 Å². The Labute approximate surface area is 143 Å². The van der Waals surface area contributed by atoms with Crippen molar-refractivity contribution in [2.45, 2.75) is 46.1 Å². The number of halogens is 1. The number of carbonyl (C=O) groups excluding carboxylic acids is 1. The Hall–Kier alpha value is -2.01. The Kier molecular flexibility index (Phi) is 7.62. The van der Waals surface area contributed by atoms with E-state index in [1.165, 1.54) is 0 Å². The second kappa shape index (κ2) is 9.20. The fourth-order valence-electron chi connectivity index (χ4n) is 2.42. The third-order valence-corrected chi connectivity index (χ3v) is 3.75. The predicted octanol–water partition coefficient (Wildman–Crippen LogP) is 3.05. The molecule has 6 heteroatoms. The first kappa shape index (κ1) is 19.0. The number of rotatable bonds is 7. The molecule has 0 saturated heterocycles. The van der Waals surface area contributed by atoms with Gasteiger partial charge in [0, 0.05) is 30.6 Å². The maximum absolute atomic E-state index is 12.0. The van der Waals surface area contributed by atoms with Crippen LogP contribution in [0.3, 0.4) is 0 Å². The number of anilines is 1. The van der Waals surface area contributed by atoms with Gasteiger partial charge in [0.2, 0.25) is 5.91 Å². The molecule has 3 N–H and O–H groups in total. The Morgan fingerprint density at radius 1 is 1.26 bits per heavy atom. The molecule has 0 unspecified atom stereocenters. The molecule has 0 aliphatic carbocycles. The minimum absolute atomic E-state index is 0. The molecule has 0 fully saturated rings. The van der Waals surface area contributed by atoms with Crippen LogP contribution in [0.5, 0.6) is 0 Å². The average molecular weight is 338 g/mol. The number of hydrogen-bond acceptors (Lipinski definition) is 4. The zero-order valence-electron chi connectivity index (χ0n) is 13.6. The SMILES string of the molecule is CCc1noc(CC)c1CNC(=O)CCc1ccccc1N.Cl. The molecule has 1 aromatic heterocycles. The molecule has 1 amide bonds. The van der Waals surface area contributed by atoms with E-state index in [2.05, 4.69) is 10.5 Å². The van der Waals surface area contributed by atoms with Gasteiger partial charge in [-0.1, -0.05) is 37.2 Å². The van der Waals surface area contributed by atoms with Gasteiger partial charge in [0.1, 0.15) is 5.76 Å². The maximum Gasteiger partial charge on any atom is 0.220 e. The summed E-state index contributed by atoms with van der Waals surface area (Å²) in [7, 11) is 0. The molecular formula is C17H24ClN3O2. The van der Waals surface area contributed by atoms with E-state index in [1.807, 2.05) is 38.1 Å². The van der Waals surface area contributed by atoms with E-state index < -0.39 is 0 Å². The number of aromatic nitrogens is 1. The van der Waals surface area contributed by atoms with Crippen molar-refractivity contribution in [3.05, 3.63) is 46.8 Å². The summed E-state index contributed by atoms with van der Waals surface area (Å²) in [5, 5.41) is 6.99. The van der Waals surface area contributed by atoms with Crippen LogP contribution in [0.4, 0.5) is 5.69 Å². The fraction of sp³-hybridized carbons (Fsp3) is 0.412. The molecular weight excluding hydrogens is 314 g/mol. The smallest absolute Gasteiger partial charge is 0.220 e. The Balaban J connectivity index is 0.00000264. The van der Waals surface area contributed by atoms with Gasteiger partial charge in [-0.25, -0.2) is 0 Å². The first-order chi connectivity index (χ1) is 10.7. The average Bonchev–Trinajstić information content (AvgIpc) is 2.94. The molecule has 0 radical (unpaired) electrons. The molecule has 126 valence electrons. The van der Waals surface area contributed by atoms with Crippen LogP contribution in [0, 0.1) is 0 Å². The van der Waals surface area contributed by atoms with E-state index in [9.17, 15) is 4.79 Å². The first-order valence-corrected chi connectivity index (χ1v) is 7.72. The topological polar surface area (TPSA) is 81.2 Å². The molecule has 1 aromatic carbocycles. The number of hydrogen-bond donors (Lipinski definition) is 2. The van der Waals surface area contributed by atoms with Crippen LogP contribution in [0.2, 0.25) is 0 Å². The highest BCUT2D eigenvalue weighted by atomic mass is 35.5. The van der Waals surface area contributed by atoms with Crippen LogP contribution in [-0.2, 0) is 30.6 Å². The summed E-state index contributed by atoms with van der Waals surface area (Å²) >= 11 is 0. The van der Waals surface area contributed by atoms with E-state index >= 15 is 0 Å². The number of carbonyl (C=O) groups is 1. The summed E-state index contributed by atoms with van der Waals surface area (Å²) in [4.78, 5) is 12.0. The number of amides is 1. The summed E-state index contributed by atoms with van der Waals surface area (Å²) < 4.78 is 5.30. The summed E-state index contributed by atoms with van der Waals surface area (Å²) in [5.74, 6) is 0.859. The van der Waals surface area contributed by atoms with E-state index in [1.54, 1.807) is 0 Å². The predicted molar refractivity (Wildman–Crippen MR) is 93.5 cm³/mol. The lowest BCUT2D eigenvalue weighted by Crippen LogP contribution is -2.24. The largest absolute Gasteiger partial charge is 0.399 e. The van der Waals surface area contributed by atoms with Gasteiger partial charge in [0.25, 0.3) is 0 Å². The number of nitrogens with one attached hydrogen (secondary N) is 1. The van der Waals surface area contributed by atoms with Gasteiger partial charge < -0.3 is 15.6 Å². The highest BCUT2D eigenvalue weighted by molar-refractivity contribution is 5.85. The normalized spacial score (nSPS) is 10.2. The van der Waals surface area contributed by atoms with Crippen molar-refractivity contribution >= 4 is 24.0 Å². The molecule has 0 saturated carbocycles. The van der Waals surface area contributed by atoms with Gasteiger partial charge >= 0.3 is 0 Å². The highest BCUT2D eigenvalue weighted by Gasteiger charge is 2.14. The lowest BCUT2D eigenvalue weighted by molar-refractivity contribution is -0.121. The van der Waals surface area contributed by atoms with Crippen molar-refractivity contribution in [3.8, 4) is 0 Å². The first-order valence-electron chi connectivity index (χ1n) is 7.72. The molecule has 23 heavy (non-hydrogen) atoms. The summed E-state index contributed by atoms with van der Waals surface area (Å²) in [6.07, 6.45) is 2.64. The number of nitrogens with zero attached hydrogens (tertiary/aromatic N) is 1. The van der Waals surface area contributed by atoms with Crippen molar-refractivity contribution in [3.63, 3.8) is 0 Å². The van der Waals surface area contributed by atoms with Crippen LogP contribution in [0.15, 0.2) is 28.8 Å². The lowest BCUT2D eigenvalue weighted by atomic mass is 10.1. The van der Waals surface area contributed by atoms with Gasteiger partial charge in [-0.3, -0.25) is 4.79 Å².